The van der Waals surface area contributed by atoms with Gasteiger partial charge < -0.3 is 19.7 Å². The van der Waals surface area contributed by atoms with Gasteiger partial charge in [0.05, 0.1) is 13.2 Å². The molecule has 140 valence electrons. The second-order valence-electron chi connectivity index (χ2n) is 6.54. The van der Waals surface area contributed by atoms with Crippen molar-refractivity contribution in [1.82, 2.24) is 10.2 Å². The summed E-state index contributed by atoms with van der Waals surface area (Å²) in [7, 11) is 5.62. The number of nitrogens with zero attached hydrogens (tertiary/aromatic N) is 1. The van der Waals surface area contributed by atoms with Gasteiger partial charge in [0.15, 0.2) is 6.61 Å². The van der Waals surface area contributed by atoms with Crippen molar-refractivity contribution in [2.24, 2.45) is 0 Å². The maximum Gasteiger partial charge on any atom is 0.258 e. The van der Waals surface area contributed by atoms with E-state index in [1.165, 1.54) is 0 Å². The average molecular weight is 356 g/mol. The maximum atomic E-state index is 12.3. The van der Waals surface area contributed by atoms with Crippen molar-refractivity contribution in [1.29, 1.82) is 0 Å². The molecule has 0 aromatic heterocycles. The highest BCUT2D eigenvalue weighted by Crippen LogP contribution is 2.27. The van der Waals surface area contributed by atoms with Crippen LogP contribution in [0.15, 0.2) is 42.5 Å². The first-order valence-electron chi connectivity index (χ1n) is 8.69. The largest absolute Gasteiger partial charge is 0.496 e. The van der Waals surface area contributed by atoms with E-state index in [0.29, 0.717) is 6.54 Å². The van der Waals surface area contributed by atoms with Gasteiger partial charge in [-0.25, -0.2) is 0 Å². The summed E-state index contributed by atoms with van der Waals surface area (Å²) in [6.07, 6.45) is 0. The van der Waals surface area contributed by atoms with Gasteiger partial charge >= 0.3 is 0 Å². The molecule has 0 fully saturated rings. The first-order chi connectivity index (χ1) is 12.4. The number of para-hydroxylation sites is 2. The van der Waals surface area contributed by atoms with E-state index in [1.54, 1.807) is 7.11 Å². The summed E-state index contributed by atoms with van der Waals surface area (Å²) in [5.41, 5.74) is 3.09. The minimum absolute atomic E-state index is 0.00222. The molecule has 0 aliphatic heterocycles. The van der Waals surface area contributed by atoms with Crippen LogP contribution in [-0.2, 0) is 4.79 Å². The number of carbonyl (C=O) groups is 1. The molecule has 1 atom stereocenters. The van der Waals surface area contributed by atoms with E-state index in [0.717, 1.165) is 28.2 Å². The van der Waals surface area contributed by atoms with Gasteiger partial charge in [-0.2, -0.15) is 0 Å². The molecule has 0 heterocycles. The van der Waals surface area contributed by atoms with Crippen molar-refractivity contribution in [2.45, 2.75) is 19.9 Å². The molecule has 5 heteroatoms. The highest BCUT2D eigenvalue weighted by molar-refractivity contribution is 5.77. The fourth-order valence-corrected chi connectivity index (χ4v) is 2.94. The number of methoxy groups -OCH3 is 1. The van der Waals surface area contributed by atoms with Crippen LogP contribution in [0.3, 0.4) is 0 Å². The smallest absolute Gasteiger partial charge is 0.258 e. The van der Waals surface area contributed by atoms with Crippen molar-refractivity contribution < 1.29 is 14.3 Å². The second kappa shape index (κ2) is 9.25. The Morgan fingerprint density at radius 1 is 1.08 bits per heavy atom. The lowest BCUT2D eigenvalue weighted by molar-refractivity contribution is -0.123. The fraction of sp³-hybridized carbons (Fsp3) is 0.381. The van der Waals surface area contributed by atoms with Crippen molar-refractivity contribution in [3.63, 3.8) is 0 Å². The first-order valence-corrected chi connectivity index (χ1v) is 8.69. The Morgan fingerprint density at radius 3 is 2.35 bits per heavy atom. The van der Waals surface area contributed by atoms with Crippen molar-refractivity contribution >= 4 is 5.91 Å². The van der Waals surface area contributed by atoms with E-state index in [2.05, 4.69) is 10.2 Å². The summed E-state index contributed by atoms with van der Waals surface area (Å²) in [5.74, 6) is 1.44. The number of likely N-dealkylation sites (N-methyl/N-ethyl adjacent to an activating group) is 1. The van der Waals surface area contributed by atoms with Crippen LogP contribution in [0.25, 0.3) is 0 Å². The monoisotopic (exact) mass is 356 g/mol. The molecular formula is C21H28N2O3. The molecule has 0 aliphatic rings. The standard InChI is InChI=1S/C21H28N2O3/c1-15-9-8-10-16(2)21(15)26-14-20(24)22-13-18(23(3)4)17-11-6-7-12-19(17)25-5/h6-12,18H,13-14H2,1-5H3,(H,22,24)/t18-/m1/s1. The predicted molar refractivity (Wildman–Crippen MR) is 104 cm³/mol. The number of ether oxygens (including phenoxy) is 2. The summed E-state index contributed by atoms with van der Waals surface area (Å²) < 4.78 is 11.2. The van der Waals surface area contributed by atoms with Gasteiger partial charge in [-0.15, -0.1) is 0 Å². The van der Waals surface area contributed by atoms with Crippen LogP contribution >= 0.6 is 0 Å². The van der Waals surface area contributed by atoms with Gasteiger partial charge in [-0.3, -0.25) is 4.79 Å². The molecule has 5 nitrogen and oxygen atoms in total. The SMILES string of the molecule is COc1ccccc1[C@@H](CNC(=O)COc1c(C)cccc1C)N(C)C. The zero-order chi connectivity index (χ0) is 19.1. The number of carbonyl (C=O) groups excluding carboxylic acids is 1. The molecule has 1 N–H and O–H groups in total. The summed E-state index contributed by atoms with van der Waals surface area (Å²) in [4.78, 5) is 14.3. The van der Waals surface area contributed by atoms with Gasteiger partial charge in [0.1, 0.15) is 11.5 Å². The minimum Gasteiger partial charge on any atom is -0.496 e. The molecule has 0 bridgehead atoms. The molecular weight excluding hydrogens is 328 g/mol. The van der Waals surface area contributed by atoms with Crippen LogP contribution in [0.2, 0.25) is 0 Å². The van der Waals surface area contributed by atoms with Gasteiger partial charge in [0.2, 0.25) is 0 Å². The fourth-order valence-electron chi connectivity index (χ4n) is 2.94. The lowest BCUT2D eigenvalue weighted by Crippen LogP contribution is -2.37. The summed E-state index contributed by atoms with van der Waals surface area (Å²) in [6.45, 7) is 4.42. The Bertz CT molecular complexity index is 724. The van der Waals surface area contributed by atoms with Gasteiger partial charge in [0.25, 0.3) is 5.91 Å². The molecule has 0 unspecified atom stereocenters. The normalized spacial score (nSPS) is 11.9. The van der Waals surface area contributed by atoms with E-state index in [1.807, 2.05) is 70.4 Å². The quantitative estimate of drug-likeness (QED) is 0.790. The second-order valence-corrected chi connectivity index (χ2v) is 6.54. The van der Waals surface area contributed by atoms with E-state index < -0.39 is 0 Å². The third kappa shape index (κ3) is 4.99. The molecule has 2 rings (SSSR count). The van der Waals surface area contributed by atoms with E-state index in [-0.39, 0.29) is 18.6 Å². The number of benzene rings is 2. The van der Waals surface area contributed by atoms with Crippen molar-refractivity contribution in [3.05, 3.63) is 59.2 Å². The zero-order valence-electron chi connectivity index (χ0n) is 16.2. The number of hydrogen-bond donors (Lipinski definition) is 1. The Kier molecular flexibility index (Phi) is 7.04. The van der Waals surface area contributed by atoms with Crippen LogP contribution in [0.1, 0.15) is 22.7 Å². The van der Waals surface area contributed by atoms with Crippen LogP contribution in [0, 0.1) is 13.8 Å². The van der Waals surface area contributed by atoms with Gasteiger partial charge in [-0.05, 0) is 45.1 Å². The Labute approximate surface area is 155 Å². The lowest BCUT2D eigenvalue weighted by Gasteiger charge is -2.26. The van der Waals surface area contributed by atoms with E-state index in [4.69, 9.17) is 9.47 Å². The predicted octanol–water partition coefficient (Wildman–Crippen LogP) is 3.11. The Morgan fingerprint density at radius 2 is 1.73 bits per heavy atom. The summed E-state index contributed by atoms with van der Waals surface area (Å²) >= 11 is 0. The molecule has 0 spiro atoms. The topological polar surface area (TPSA) is 50.8 Å². The summed E-state index contributed by atoms with van der Waals surface area (Å²) in [5, 5.41) is 2.96. The minimum atomic E-state index is -0.144. The molecule has 26 heavy (non-hydrogen) atoms. The molecule has 0 saturated carbocycles. The number of rotatable bonds is 8. The first kappa shape index (κ1) is 19.8. The molecule has 2 aromatic carbocycles. The van der Waals surface area contributed by atoms with Crippen molar-refractivity contribution in [3.8, 4) is 11.5 Å². The van der Waals surface area contributed by atoms with Crippen LogP contribution < -0.4 is 14.8 Å². The molecule has 0 saturated heterocycles. The van der Waals surface area contributed by atoms with E-state index >= 15 is 0 Å². The van der Waals surface area contributed by atoms with E-state index in [9.17, 15) is 4.79 Å². The molecule has 0 aliphatic carbocycles. The average Bonchev–Trinajstić information content (AvgIpc) is 2.61. The van der Waals surface area contributed by atoms with Crippen LogP contribution in [0.4, 0.5) is 0 Å². The Balaban J connectivity index is 1.98. The van der Waals surface area contributed by atoms with Crippen LogP contribution in [0.5, 0.6) is 11.5 Å². The summed E-state index contributed by atoms with van der Waals surface area (Å²) in [6, 6.07) is 13.8. The van der Waals surface area contributed by atoms with Gasteiger partial charge in [-0.1, -0.05) is 36.4 Å². The third-order valence-corrected chi connectivity index (χ3v) is 4.37. The maximum absolute atomic E-state index is 12.3. The number of amides is 1. The number of nitrogens with one attached hydrogen (secondary N) is 1. The van der Waals surface area contributed by atoms with Crippen LogP contribution in [-0.4, -0.2) is 45.2 Å². The molecule has 0 radical (unpaired) electrons. The third-order valence-electron chi connectivity index (χ3n) is 4.37. The van der Waals surface area contributed by atoms with Crippen molar-refractivity contribution in [2.75, 3.05) is 34.4 Å². The lowest BCUT2D eigenvalue weighted by atomic mass is 10.0. The molecule has 2 aromatic rings. The van der Waals surface area contributed by atoms with Gasteiger partial charge in [0, 0.05) is 12.1 Å². The Hall–Kier alpha value is -2.53. The zero-order valence-corrected chi connectivity index (χ0v) is 16.2. The highest BCUT2D eigenvalue weighted by Gasteiger charge is 2.19. The molecule has 1 amide bonds. The highest BCUT2D eigenvalue weighted by atomic mass is 16.5. The number of aryl methyl sites for hydroxylation is 2. The number of hydrogen-bond acceptors (Lipinski definition) is 4.